The molecule has 2 N–H and O–H groups in total. The Morgan fingerprint density at radius 3 is 2.46 bits per heavy atom. The van der Waals surface area contributed by atoms with Crippen molar-refractivity contribution >= 4 is 41.3 Å². The van der Waals surface area contributed by atoms with Crippen LogP contribution in [0.5, 0.6) is 5.75 Å². The van der Waals surface area contributed by atoms with Gasteiger partial charge in [-0.1, -0.05) is 32.9 Å². The number of guanidine groups is 1. The normalized spacial score (nSPS) is 11.2. The van der Waals surface area contributed by atoms with Crippen molar-refractivity contribution in [3.8, 4) is 5.75 Å². The molecule has 1 heterocycles. The van der Waals surface area contributed by atoms with Crippen LogP contribution in [-0.4, -0.2) is 24.6 Å². The van der Waals surface area contributed by atoms with Crippen LogP contribution in [0.3, 0.4) is 0 Å². The Balaban J connectivity index is 0.00000338. The van der Waals surface area contributed by atoms with E-state index in [4.69, 9.17) is 4.74 Å². The number of rotatable bonds is 8. The van der Waals surface area contributed by atoms with Gasteiger partial charge in [0.15, 0.2) is 5.96 Å². The van der Waals surface area contributed by atoms with Gasteiger partial charge in [0.1, 0.15) is 10.8 Å². The second-order valence-corrected chi connectivity index (χ2v) is 7.40. The average molecular weight is 488 g/mol. The molecule has 0 atom stereocenters. The predicted octanol–water partition coefficient (Wildman–Crippen LogP) is 4.22. The van der Waals surface area contributed by atoms with E-state index in [0.29, 0.717) is 19.0 Å². The Hall–Kier alpha value is -1.35. The van der Waals surface area contributed by atoms with Gasteiger partial charge in [-0.2, -0.15) is 0 Å². The van der Waals surface area contributed by atoms with E-state index in [1.54, 1.807) is 18.4 Å². The molecule has 2 aromatic rings. The van der Waals surface area contributed by atoms with Crippen molar-refractivity contribution in [2.45, 2.75) is 40.3 Å². The molecule has 5 nitrogen and oxygen atoms in total. The largest absolute Gasteiger partial charge is 0.493 e. The molecule has 2 rings (SSSR count). The summed E-state index contributed by atoms with van der Waals surface area (Å²) in [6, 6.07) is 8.17. The summed E-state index contributed by atoms with van der Waals surface area (Å²) in [7, 11) is 1.78. The van der Waals surface area contributed by atoms with Crippen LogP contribution < -0.4 is 15.4 Å². The fourth-order valence-electron chi connectivity index (χ4n) is 2.13. The van der Waals surface area contributed by atoms with Crippen molar-refractivity contribution in [3.05, 3.63) is 45.9 Å². The molecule has 0 fully saturated rings. The highest BCUT2D eigenvalue weighted by Crippen LogP contribution is 2.14. The molecule has 0 aliphatic rings. The average Bonchev–Trinajstić information content (AvgIpc) is 3.09. The van der Waals surface area contributed by atoms with Gasteiger partial charge in [-0.3, -0.25) is 4.99 Å². The lowest BCUT2D eigenvalue weighted by Crippen LogP contribution is -2.36. The van der Waals surface area contributed by atoms with Crippen LogP contribution in [0.1, 0.15) is 36.2 Å². The fraction of sp³-hybridized carbons (Fsp3) is 0.474. The monoisotopic (exact) mass is 488 g/mol. The molecule has 0 radical (unpaired) electrons. The van der Waals surface area contributed by atoms with E-state index in [2.05, 4.69) is 53.5 Å². The Labute approximate surface area is 177 Å². The molecule has 1 aromatic carbocycles. The van der Waals surface area contributed by atoms with Crippen molar-refractivity contribution in [1.82, 2.24) is 15.6 Å². The Morgan fingerprint density at radius 1 is 1.19 bits per heavy atom. The molecule has 0 aliphatic heterocycles. The summed E-state index contributed by atoms with van der Waals surface area (Å²) in [4.78, 5) is 9.97. The van der Waals surface area contributed by atoms with Crippen molar-refractivity contribution in [2.24, 2.45) is 10.9 Å². The lowest BCUT2D eigenvalue weighted by Gasteiger charge is -2.12. The van der Waals surface area contributed by atoms with E-state index in [0.717, 1.165) is 29.7 Å². The molecule has 0 aliphatic carbocycles. The van der Waals surface area contributed by atoms with Gasteiger partial charge in [0, 0.05) is 24.7 Å². The summed E-state index contributed by atoms with van der Waals surface area (Å²) >= 11 is 1.74. The van der Waals surface area contributed by atoms with E-state index in [-0.39, 0.29) is 24.0 Å². The first-order chi connectivity index (χ1) is 12.1. The number of aryl methyl sites for hydroxylation is 1. The number of halogens is 1. The zero-order chi connectivity index (χ0) is 18.1. The van der Waals surface area contributed by atoms with Gasteiger partial charge in [0.05, 0.1) is 13.2 Å². The predicted molar refractivity (Wildman–Crippen MR) is 121 cm³/mol. The molecule has 26 heavy (non-hydrogen) atoms. The maximum Gasteiger partial charge on any atom is 0.191 e. The van der Waals surface area contributed by atoms with E-state index in [1.807, 2.05) is 18.3 Å². The molecule has 7 heteroatoms. The van der Waals surface area contributed by atoms with E-state index in [9.17, 15) is 0 Å². The van der Waals surface area contributed by atoms with E-state index < -0.39 is 0 Å². The maximum atomic E-state index is 5.71. The van der Waals surface area contributed by atoms with Gasteiger partial charge in [0.25, 0.3) is 0 Å². The molecular weight excluding hydrogens is 459 g/mol. The SMILES string of the molecule is CCc1cnc(CNC(=NC)NCc2ccc(OCC(C)C)cc2)s1.I. The molecule has 0 saturated heterocycles. The first kappa shape index (κ1) is 22.7. The lowest BCUT2D eigenvalue weighted by molar-refractivity contribution is 0.271. The summed E-state index contributed by atoms with van der Waals surface area (Å²) in [5.74, 6) is 2.21. The molecule has 0 unspecified atom stereocenters. The van der Waals surface area contributed by atoms with Crippen LogP contribution in [0.2, 0.25) is 0 Å². The van der Waals surface area contributed by atoms with E-state index >= 15 is 0 Å². The summed E-state index contributed by atoms with van der Waals surface area (Å²) in [5.41, 5.74) is 1.18. The molecule has 144 valence electrons. The summed E-state index contributed by atoms with van der Waals surface area (Å²) in [6.07, 6.45) is 2.97. The smallest absolute Gasteiger partial charge is 0.191 e. The lowest BCUT2D eigenvalue weighted by atomic mass is 10.2. The first-order valence-corrected chi connectivity index (χ1v) is 9.52. The Kier molecular flexibility index (Phi) is 10.6. The van der Waals surface area contributed by atoms with Gasteiger partial charge < -0.3 is 15.4 Å². The third kappa shape index (κ3) is 7.90. The highest BCUT2D eigenvalue weighted by Gasteiger charge is 2.03. The highest BCUT2D eigenvalue weighted by atomic mass is 127. The van der Waals surface area contributed by atoms with E-state index in [1.165, 1.54) is 10.4 Å². The number of aliphatic imine (C=N–C) groups is 1. The maximum absolute atomic E-state index is 5.71. The molecule has 0 saturated carbocycles. The second kappa shape index (κ2) is 12.1. The molecule has 1 aromatic heterocycles. The minimum atomic E-state index is 0. The van der Waals surface area contributed by atoms with Crippen LogP contribution in [0.4, 0.5) is 0 Å². The van der Waals surface area contributed by atoms with Gasteiger partial charge in [-0.05, 0) is 30.0 Å². The van der Waals surface area contributed by atoms with Crippen molar-refractivity contribution < 1.29 is 4.74 Å². The minimum absolute atomic E-state index is 0. The highest BCUT2D eigenvalue weighted by molar-refractivity contribution is 14.0. The number of hydrogen-bond acceptors (Lipinski definition) is 4. The van der Waals surface area contributed by atoms with Crippen LogP contribution >= 0.6 is 35.3 Å². The Bertz CT molecular complexity index is 670. The van der Waals surface area contributed by atoms with Crippen LogP contribution in [0.25, 0.3) is 0 Å². The number of ether oxygens (including phenoxy) is 1. The quantitative estimate of drug-likeness (QED) is 0.332. The van der Waals surface area contributed by atoms with Crippen molar-refractivity contribution in [2.75, 3.05) is 13.7 Å². The van der Waals surface area contributed by atoms with Crippen LogP contribution in [0, 0.1) is 5.92 Å². The van der Waals surface area contributed by atoms with Crippen LogP contribution in [-0.2, 0) is 19.5 Å². The molecule has 0 spiro atoms. The van der Waals surface area contributed by atoms with Gasteiger partial charge in [-0.25, -0.2) is 4.98 Å². The number of aromatic nitrogens is 1. The minimum Gasteiger partial charge on any atom is -0.493 e. The first-order valence-electron chi connectivity index (χ1n) is 8.70. The van der Waals surface area contributed by atoms with Gasteiger partial charge in [-0.15, -0.1) is 35.3 Å². The van der Waals surface area contributed by atoms with Crippen molar-refractivity contribution in [1.29, 1.82) is 0 Å². The third-order valence-electron chi connectivity index (χ3n) is 3.55. The fourth-order valence-corrected chi connectivity index (χ4v) is 2.93. The zero-order valence-corrected chi connectivity index (χ0v) is 19.1. The second-order valence-electron chi connectivity index (χ2n) is 6.20. The van der Waals surface area contributed by atoms with Gasteiger partial charge >= 0.3 is 0 Å². The summed E-state index contributed by atoms with van der Waals surface area (Å²) in [5, 5.41) is 7.70. The molecular formula is C19H29IN4OS. The topological polar surface area (TPSA) is 58.5 Å². The number of nitrogens with one attached hydrogen (secondary N) is 2. The number of nitrogens with zero attached hydrogens (tertiary/aromatic N) is 2. The summed E-state index contributed by atoms with van der Waals surface area (Å²) < 4.78 is 5.71. The number of benzene rings is 1. The Morgan fingerprint density at radius 2 is 1.88 bits per heavy atom. The number of hydrogen-bond donors (Lipinski definition) is 2. The van der Waals surface area contributed by atoms with Crippen LogP contribution in [0.15, 0.2) is 35.5 Å². The summed E-state index contributed by atoms with van der Waals surface area (Å²) in [6.45, 7) is 8.57. The van der Waals surface area contributed by atoms with Crippen molar-refractivity contribution in [3.63, 3.8) is 0 Å². The molecule has 0 amide bonds. The van der Waals surface area contributed by atoms with Gasteiger partial charge in [0.2, 0.25) is 0 Å². The standard InChI is InChI=1S/C19H28N4OS.HI/c1-5-17-11-21-18(25-17)12-23-19(20-4)22-10-15-6-8-16(9-7-15)24-13-14(2)3;/h6-9,11,14H,5,10,12-13H2,1-4H3,(H2,20,22,23);1H. The third-order valence-corrected chi connectivity index (χ3v) is 4.69. The number of thiazole rings is 1. The zero-order valence-electron chi connectivity index (χ0n) is 15.9. The molecule has 0 bridgehead atoms.